The maximum Gasteiger partial charge on any atom is 0.357 e. The summed E-state index contributed by atoms with van der Waals surface area (Å²) in [5.74, 6) is -0.767. The van der Waals surface area contributed by atoms with Crippen LogP contribution in [0.3, 0.4) is 0 Å². The Morgan fingerprint density at radius 1 is 1.50 bits per heavy atom. The fourth-order valence-electron chi connectivity index (χ4n) is 2.56. The Hall–Kier alpha value is -3.27. The number of nitrogens with two attached hydrogens (primary N) is 1. The Labute approximate surface area is 125 Å². The number of methoxy groups -OCH3 is 1. The molecule has 110 valence electrons. The third-order valence-corrected chi connectivity index (χ3v) is 3.57. The number of carbonyl (C=O) groups is 2. The van der Waals surface area contributed by atoms with E-state index in [4.69, 9.17) is 15.7 Å². The van der Waals surface area contributed by atoms with Gasteiger partial charge >= 0.3 is 5.97 Å². The molecule has 0 radical (unpaired) electrons. The van der Waals surface area contributed by atoms with Crippen molar-refractivity contribution in [3.05, 3.63) is 41.2 Å². The van der Waals surface area contributed by atoms with Gasteiger partial charge in [-0.25, -0.2) is 4.79 Å². The maximum atomic E-state index is 12.0. The van der Waals surface area contributed by atoms with Crippen LogP contribution in [0.15, 0.2) is 24.4 Å². The van der Waals surface area contributed by atoms with Gasteiger partial charge in [-0.05, 0) is 12.1 Å². The van der Waals surface area contributed by atoms with Gasteiger partial charge in [0, 0.05) is 17.4 Å². The molecule has 1 aromatic heterocycles. The second kappa shape index (κ2) is 4.93. The number of carbonyl (C=O) groups excluding carboxylic acids is 2. The van der Waals surface area contributed by atoms with Crippen LogP contribution in [0.2, 0.25) is 0 Å². The van der Waals surface area contributed by atoms with E-state index < -0.39 is 5.97 Å². The third kappa shape index (κ3) is 1.90. The quantitative estimate of drug-likeness (QED) is 0.809. The largest absolute Gasteiger partial charge is 0.464 e. The number of rotatable bonds is 2. The first-order valence-electron chi connectivity index (χ1n) is 6.48. The highest BCUT2D eigenvalue weighted by Gasteiger charge is 2.26. The number of nitriles is 1. The summed E-state index contributed by atoms with van der Waals surface area (Å²) in [4.78, 5) is 23.6. The minimum atomic E-state index is -0.645. The molecule has 0 atom stereocenters. The molecule has 1 aromatic carbocycles. The van der Waals surface area contributed by atoms with Crippen molar-refractivity contribution in [1.29, 1.82) is 5.26 Å². The molecule has 22 heavy (non-hydrogen) atoms. The van der Waals surface area contributed by atoms with Crippen molar-refractivity contribution >= 4 is 23.3 Å². The van der Waals surface area contributed by atoms with E-state index in [1.807, 2.05) is 6.07 Å². The molecule has 3 rings (SSSR count). The average Bonchev–Trinajstić information content (AvgIpc) is 3.05. The van der Waals surface area contributed by atoms with Crippen LogP contribution in [-0.4, -0.2) is 23.6 Å². The zero-order chi connectivity index (χ0) is 15.9. The standard InChI is InChI=1S/C15H12N4O3/c1-22-15(21)14-13(17)8(6-16)7-19(14)11-4-2-3-10-9(11)5-12(20)18-10/h2-4,7H,5,17H2,1H3,(H,18,20). The van der Waals surface area contributed by atoms with Crippen molar-refractivity contribution in [3.63, 3.8) is 0 Å². The highest BCUT2D eigenvalue weighted by Crippen LogP contribution is 2.32. The maximum absolute atomic E-state index is 12.0. The summed E-state index contributed by atoms with van der Waals surface area (Å²) in [7, 11) is 1.24. The summed E-state index contributed by atoms with van der Waals surface area (Å²) in [6.07, 6.45) is 1.67. The Bertz CT molecular complexity index is 845. The van der Waals surface area contributed by atoms with E-state index in [0.29, 0.717) is 11.4 Å². The molecular formula is C15H12N4O3. The molecule has 0 spiro atoms. The molecule has 0 aliphatic carbocycles. The van der Waals surface area contributed by atoms with E-state index in [2.05, 4.69) is 5.32 Å². The van der Waals surface area contributed by atoms with Crippen LogP contribution >= 0.6 is 0 Å². The number of esters is 1. The smallest absolute Gasteiger partial charge is 0.357 e. The van der Waals surface area contributed by atoms with Crippen molar-refractivity contribution in [2.45, 2.75) is 6.42 Å². The third-order valence-electron chi connectivity index (χ3n) is 3.57. The Morgan fingerprint density at radius 2 is 2.27 bits per heavy atom. The van der Waals surface area contributed by atoms with E-state index >= 15 is 0 Å². The van der Waals surface area contributed by atoms with E-state index in [9.17, 15) is 9.59 Å². The first kappa shape index (κ1) is 13.7. The summed E-state index contributed by atoms with van der Waals surface area (Å²) >= 11 is 0. The first-order valence-corrected chi connectivity index (χ1v) is 6.48. The second-order valence-electron chi connectivity index (χ2n) is 4.81. The number of nitrogen functional groups attached to an aromatic ring is 1. The fraction of sp³-hybridized carbons (Fsp3) is 0.133. The molecule has 0 unspecified atom stereocenters. The molecule has 0 saturated heterocycles. The lowest BCUT2D eigenvalue weighted by Crippen LogP contribution is -2.12. The van der Waals surface area contributed by atoms with Crippen LogP contribution in [0.5, 0.6) is 0 Å². The fourth-order valence-corrected chi connectivity index (χ4v) is 2.56. The van der Waals surface area contributed by atoms with Gasteiger partial charge in [0.05, 0.1) is 30.5 Å². The minimum Gasteiger partial charge on any atom is -0.464 e. The monoisotopic (exact) mass is 296 g/mol. The molecule has 3 N–H and O–H groups in total. The van der Waals surface area contributed by atoms with Gasteiger partial charge in [-0.2, -0.15) is 5.26 Å². The number of amides is 1. The number of ether oxygens (including phenoxy) is 1. The van der Waals surface area contributed by atoms with Gasteiger partial charge in [0.15, 0.2) is 5.69 Å². The number of nitrogens with zero attached hydrogens (tertiary/aromatic N) is 2. The Kier molecular flexibility index (Phi) is 3.07. The predicted octanol–water partition coefficient (Wildman–Crippen LogP) is 1.21. The van der Waals surface area contributed by atoms with Gasteiger partial charge in [-0.3, -0.25) is 4.79 Å². The predicted molar refractivity (Wildman–Crippen MR) is 78.6 cm³/mol. The molecular weight excluding hydrogens is 284 g/mol. The molecule has 1 aliphatic heterocycles. The molecule has 0 fully saturated rings. The molecule has 0 bridgehead atoms. The van der Waals surface area contributed by atoms with Crippen LogP contribution in [0, 0.1) is 11.3 Å². The summed E-state index contributed by atoms with van der Waals surface area (Å²) in [5, 5.41) is 11.9. The van der Waals surface area contributed by atoms with Crippen LogP contribution in [0.25, 0.3) is 5.69 Å². The molecule has 1 amide bonds. The van der Waals surface area contributed by atoms with Gasteiger partial charge < -0.3 is 20.4 Å². The van der Waals surface area contributed by atoms with Crippen LogP contribution in [-0.2, 0) is 16.0 Å². The molecule has 1 aliphatic rings. The van der Waals surface area contributed by atoms with Gasteiger partial charge in [-0.15, -0.1) is 0 Å². The molecule has 0 saturated carbocycles. The zero-order valence-electron chi connectivity index (χ0n) is 11.7. The Balaban J connectivity index is 2.27. The van der Waals surface area contributed by atoms with Crippen LogP contribution in [0.1, 0.15) is 21.6 Å². The summed E-state index contributed by atoms with van der Waals surface area (Å²) in [6, 6.07) is 7.23. The second-order valence-corrected chi connectivity index (χ2v) is 4.81. The summed E-state index contributed by atoms with van der Waals surface area (Å²) in [6.45, 7) is 0. The van der Waals surface area contributed by atoms with Crippen molar-refractivity contribution in [2.24, 2.45) is 0 Å². The Morgan fingerprint density at radius 3 is 2.95 bits per heavy atom. The minimum absolute atomic E-state index is 0.0595. The van der Waals surface area contributed by atoms with Crippen LogP contribution < -0.4 is 11.1 Å². The number of hydrogen-bond donors (Lipinski definition) is 2. The van der Waals surface area contributed by atoms with Gasteiger partial charge in [-0.1, -0.05) is 6.07 Å². The average molecular weight is 296 g/mol. The molecule has 2 aromatic rings. The van der Waals surface area contributed by atoms with Crippen molar-refractivity contribution in [1.82, 2.24) is 4.57 Å². The van der Waals surface area contributed by atoms with Crippen LogP contribution in [0.4, 0.5) is 11.4 Å². The number of anilines is 2. The number of hydrogen-bond acceptors (Lipinski definition) is 5. The van der Waals surface area contributed by atoms with Gasteiger partial charge in [0.2, 0.25) is 5.91 Å². The summed E-state index contributed by atoms with van der Waals surface area (Å²) < 4.78 is 6.24. The molecule has 7 nitrogen and oxygen atoms in total. The topological polar surface area (TPSA) is 110 Å². The van der Waals surface area contributed by atoms with E-state index in [0.717, 1.165) is 5.56 Å². The number of nitrogens with one attached hydrogen (secondary N) is 1. The van der Waals surface area contributed by atoms with Crippen molar-refractivity contribution in [3.8, 4) is 11.8 Å². The van der Waals surface area contributed by atoms with Crippen molar-refractivity contribution < 1.29 is 14.3 Å². The first-order chi connectivity index (χ1) is 10.6. The number of aromatic nitrogens is 1. The van der Waals surface area contributed by atoms with E-state index in [1.54, 1.807) is 18.2 Å². The van der Waals surface area contributed by atoms with E-state index in [1.165, 1.54) is 17.9 Å². The van der Waals surface area contributed by atoms with Crippen molar-refractivity contribution in [2.75, 3.05) is 18.2 Å². The number of benzene rings is 1. The summed E-state index contributed by atoms with van der Waals surface area (Å²) in [5.41, 5.74) is 8.23. The lowest BCUT2D eigenvalue weighted by Gasteiger charge is -2.12. The lowest BCUT2D eigenvalue weighted by molar-refractivity contribution is -0.115. The van der Waals surface area contributed by atoms with E-state index in [-0.39, 0.29) is 29.3 Å². The molecule has 7 heteroatoms. The normalized spacial score (nSPS) is 12.5. The zero-order valence-corrected chi connectivity index (χ0v) is 11.7. The lowest BCUT2D eigenvalue weighted by atomic mass is 10.1. The highest BCUT2D eigenvalue weighted by atomic mass is 16.5. The molecule has 2 heterocycles. The highest BCUT2D eigenvalue weighted by molar-refractivity contribution is 6.01. The van der Waals surface area contributed by atoms with Gasteiger partial charge in [0.25, 0.3) is 0 Å². The SMILES string of the molecule is COC(=O)c1c(N)c(C#N)cn1-c1cccc2c1CC(=O)N2. The van der Waals surface area contributed by atoms with Gasteiger partial charge in [0.1, 0.15) is 6.07 Å². The number of fused-ring (bicyclic) bond motifs is 1.